The summed E-state index contributed by atoms with van der Waals surface area (Å²) >= 11 is 6.13. The van der Waals surface area contributed by atoms with Crippen LogP contribution in [0.3, 0.4) is 0 Å². The van der Waals surface area contributed by atoms with Crippen molar-refractivity contribution in [1.29, 1.82) is 0 Å². The molecule has 8 nitrogen and oxygen atoms in total. The van der Waals surface area contributed by atoms with Gasteiger partial charge in [0.25, 0.3) is 5.91 Å². The van der Waals surface area contributed by atoms with Gasteiger partial charge in [0.2, 0.25) is 0 Å². The molecular formula is C17H18ClN5O3. The number of H-pyrrole nitrogens is 2. The fourth-order valence-corrected chi connectivity index (χ4v) is 2.48. The molecule has 0 atom stereocenters. The van der Waals surface area contributed by atoms with Crippen molar-refractivity contribution >= 4 is 17.5 Å². The largest absolute Gasteiger partial charge is 0.497 e. The lowest BCUT2D eigenvalue weighted by atomic mass is 10.3. The molecular weight excluding hydrogens is 358 g/mol. The molecule has 2 aromatic heterocycles. The molecule has 3 rings (SSSR count). The maximum atomic E-state index is 12.1. The zero-order chi connectivity index (χ0) is 18.4. The van der Waals surface area contributed by atoms with Crippen molar-refractivity contribution in [3.8, 4) is 11.5 Å². The number of carbonyl (C=O) groups is 1. The molecule has 0 aliphatic carbocycles. The average molecular weight is 376 g/mol. The van der Waals surface area contributed by atoms with Crippen LogP contribution in [0.5, 0.6) is 11.5 Å². The van der Waals surface area contributed by atoms with Gasteiger partial charge >= 0.3 is 0 Å². The van der Waals surface area contributed by atoms with Gasteiger partial charge in [-0.05, 0) is 18.2 Å². The van der Waals surface area contributed by atoms with Gasteiger partial charge in [-0.1, -0.05) is 11.6 Å². The highest BCUT2D eigenvalue weighted by Crippen LogP contribution is 2.29. The predicted octanol–water partition coefficient (Wildman–Crippen LogP) is 2.35. The number of rotatable bonds is 8. The fraction of sp³-hybridized carbons (Fsp3) is 0.235. The van der Waals surface area contributed by atoms with Gasteiger partial charge < -0.3 is 19.8 Å². The second-order valence-corrected chi connectivity index (χ2v) is 5.85. The summed E-state index contributed by atoms with van der Waals surface area (Å²) in [6, 6.07) is 6.79. The minimum absolute atomic E-state index is 0.209. The Kier molecular flexibility index (Phi) is 5.75. The van der Waals surface area contributed by atoms with Crippen LogP contribution in [0.25, 0.3) is 0 Å². The molecule has 0 saturated heterocycles. The maximum Gasteiger partial charge on any atom is 0.271 e. The first kappa shape index (κ1) is 17.8. The summed E-state index contributed by atoms with van der Waals surface area (Å²) < 4.78 is 10.7. The van der Waals surface area contributed by atoms with E-state index in [1.54, 1.807) is 43.9 Å². The number of aromatic amines is 2. The van der Waals surface area contributed by atoms with Crippen LogP contribution >= 0.6 is 11.6 Å². The molecule has 2 heterocycles. The van der Waals surface area contributed by atoms with Gasteiger partial charge in [-0.3, -0.25) is 9.89 Å². The number of halogens is 1. The minimum atomic E-state index is -0.255. The Balaban J connectivity index is 1.50. The molecule has 0 spiro atoms. The Hall–Kier alpha value is -3.00. The first-order chi connectivity index (χ1) is 12.7. The van der Waals surface area contributed by atoms with Gasteiger partial charge in [-0.15, -0.1) is 0 Å². The van der Waals surface area contributed by atoms with Crippen molar-refractivity contribution in [3.63, 3.8) is 0 Å². The number of carbonyl (C=O) groups excluding carboxylic acids is 1. The van der Waals surface area contributed by atoms with E-state index in [-0.39, 0.29) is 12.5 Å². The van der Waals surface area contributed by atoms with Crippen LogP contribution in [0.4, 0.5) is 0 Å². The molecule has 0 bridgehead atoms. The molecule has 0 unspecified atom stereocenters. The average Bonchev–Trinajstić information content (AvgIpc) is 3.32. The number of nitrogens with zero attached hydrogens (tertiary/aromatic N) is 2. The van der Waals surface area contributed by atoms with Crippen LogP contribution < -0.4 is 14.8 Å². The third-order valence-electron chi connectivity index (χ3n) is 3.62. The predicted molar refractivity (Wildman–Crippen MR) is 95.5 cm³/mol. The topological polar surface area (TPSA) is 105 Å². The number of ether oxygens (including phenoxy) is 2. The smallest absolute Gasteiger partial charge is 0.271 e. The van der Waals surface area contributed by atoms with Crippen molar-refractivity contribution in [2.24, 2.45) is 0 Å². The number of hydrogen-bond donors (Lipinski definition) is 3. The lowest BCUT2D eigenvalue weighted by molar-refractivity contribution is 0.0949. The van der Waals surface area contributed by atoms with E-state index in [0.29, 0.717) is 40.9 Å². The van der Waals surface area contributed by atoms with Crippen LogP contribution in [0.15, 0.2) is 36.8 Å². The molecule has 9 heteroatoms. The monoisotopic (exact) mass is 375 g/mol. The summed E-state index contributed by atoms with van der Waals surface area (Å²) in [6.45, 7) is 0.696. The van der Waals surface area contributed by atoms with E-state index >= 15 is 0 Å². The summed E-state index contributed by atoms with van der Waals surface area (Å²) in [5.74, 6) is 0.917. The normalized spacial score (nSPS) is 10.5. The molecule has 3 aromatic rings. The molecule has 0 aliphatic heterocycles. The van der Waals surface area contributed by atoms with Crippen LogP contribution in [0, 0.1) is 0 Å². The van der Waals surface area contributed by atoms with Crippen molar-refractivity contribution in [2.45, 2.75) is 13.0 Å². The molecule has 3 N–H and O–H groups in total. The first-order valence-corrected chi connectivity index (χ1v) is 8.29. The van der Waals surface area contributed by atoms with Crippen LogP contribution in [0.2, 0.25) is 5.02 Å². The summed E-state index contributed by atoms with van der Waals surface area (Å²) in [7, 11) is 1.57. The molecule has 0 radical (unpaired) electrons. The summed E-state index contributed by atoms with van der Waals surface area (Å²) in [5.41, 5.74) is 1.92. The van der Waals surface area contributed by atoms with Crippen molar-refractivity contribution in [3.05, 3.63) is 58.9 Å². The van der Waals surface area contributed by atoms with Crippen LogP contribution in [0.1, 0.15) is 21.9 Å². The van der Waals surface area contributed by atoms with E-state index in [1.807, 2.05) is 0 Å². The van der Waals surface area contributed by atoms with Crippen molar-refractivity contribution in [2.75, 3.05) is 13.7 Å². The Morgan fingerprint density at radius 1 is 1.31 bits per heavy atom. The Morgan fingerprint density at radius 2 is 2.19 bits per heavy atom. The SMILES string of the molecule is COc1ccc(OCc2cc(C(=O)NCCc3cnc[nH]3)n[nH]2)c(Cl)c1. The molecule has 1 amide bonds. The molecule has 26 heavy (non-hydrogen) atoms. The van der Waals surface area contributed by atoms with Gasteiger partial charge in [0.15, 0.2) is 0 Å². The quantitative estimate of drug-likeness (QED) is 0.560. The van der Waals surface area contributed by atoms with Crippen LogP contribution in [-0.2, 0) is 13.0 Å². The number of amides is 1. The summed E-state index contributed by atoms with van der Waals surface area (Å²) in [5, 5.41) is 10.0. The number of benzene rings is 1. The fourth-order valence-electron chi connectivity index (χ4n) is 2.26. The Labute approximate surface area is 154 Å². The van der Waals surface area contributed by atoms with Gasteiger partial charge in [-0.2, -0.15) is 5.10 Å². The van der Waals surface area contributed by atoms with Crippen molar-refractivity contribution in [1.82, 2.24) is 25.5 Å². The van der Waals surface area contributed by atoms with Gasteiger partial charge in [0.05, 0.1) is 24.2 Å². The number of imidazole rings is 1. The maximum absolute atomic E-state index is 12.1. The van der Waals surface area contributed by atoms with Gasteiger partial charge in [0.1, 0.15) is 23.8 Å². The molecule has 0 fully saturated rings. The van der Waals surface area contributed by atoms with E-state index in [2.05, 4.69) is 25.5 Å². The second kappa shape index (κ2) is 8.39. The zero-order valence-electron chi connectivity index (χ0n) is 14.1. The van der Waals surface area contributed by atoms with Crippen LogP contribution in [-0.4, -0.2) is 39.7 Å². The van der Waals surface area contributed by atoms with E-state index < -0.39 is 0 Å². The molecule has 0 saturated carbocycles. The van der Waals surface area contributed by atoms with E-state index in [0.717, 1.165) is 5.69 Å². The lowest BCUT2D eigenvalue weighted by Gasteiger charge is -2.08. The zero-order valence-corrected chi connectivity index (χ0v) is 14.8. The highest BCUT2D eigenvalue weighted by molar-refractivity contribution is 6.32. The summed E-state index contributed by atoms with van der Waals surface area (Å²) in [6.07, 6.45) is 3.99. The Bertz CT molecular complexity index is 863. The van der Waals surface area contributed by atoms with Gasteiger partial charge in [-0.25, -0.2) is 4.98 Å². The third-order valence-corrected chi connectivity index (χ3v) is 3.92. The number of nitrogens with one attached hydrogen (secondary N) is 3. The minimum Gasteiger partial charge on any atom is -0.497 e. The Morgan fingerprint density at radius 3 is 2.92 bits per heavy atom. The van der Waals surface area contributed by atoms with E-state index in [1.165, 1.54) is 0 Å². The number of methoxy groups -OCH3 is 1. The lowest BCUT2D eigenvalue weighted by Crippen LogP contribution is -2.26. The van der Waals surface area contributed by atoms with E-state index in [4.69, 9.17) is 21.1 Å². The van der Waals surface area contributed by atoms with Gasteiger partial charge in [0, 0.05) is 30.9 Å². The standard InChI is InChI=1S/C17H18ClN5O3/c1-25-13-2-3-16(14(18)7-13)26-9-12-6-15(23-22-12)17(24)20-5-4-11-8-19-10-21-11/h2-3,6-8,10H,4-5,9H2,1H3,(H,19,21)(H,20,24)(H,22,23). The third kappa shape index (κ3) is 4.54. The number of hydrogen-bond acceptors (Lipinski definition) is 5. The van der Waals surface area contributed by atoms with Crippen molar-refractivity contribution < 1.29 is 14.3 Å². The molecule has 0 aliphatic rings. The highest BCUT2D eigenvalue weighted by Gasteiger charge is 2.11. The highest BCUT2D eigenvalue weighted by atomic mass is 35.5. The summed E-state index contributed by atoms with van der Waals surface area (Å²) in [4.78, 5) is 19.0. The second-order valence-electron chi connectivity index (χ2n) is 5.45. The van der Waals surface area contributed by atoms with E-state index in [9.17, 15) is 4.79 Å². The molecule has 1 aromatic carbocycles. The first-order valence-electron chi connectivity index (χ1n) is 7.92. The molecule has 136 valence electrons. The number of aromatic nitrogens is 4.